The number of oxime groups is 1. The van der Waals surface area contributed by atoms with Gasteiger partial charge in [-0.1, -0.05) is 25.4 Å². The molecule has 0 bridgehead atoms. The molecule has 0 aliphatic rings. The van der Waals surface area contributed by atoms with Gasteiger partial charge >= 0.3 is 0 Å². The summed E-state index contributed by atoms with van der Waals surface area (Å²) < 4.78 is 2.00. The van der Waals surface area contributed by atoms with Crippen molar-refractivity contribution in [3.63, 3.8) is 0 Å². The van der Waals surface area contributed by atoms with Crippen LogP contribution in [0.5, 0.6) is 0 Å². The van der Waals surface area contributed by atoms with Crippen LogP contribution in [-0.2, 0) is 6.54 Å². The number of nitrogens with two attached hydrogens (primary N) is 1. The highest BCUT2D eigenvalue weighted by Crippen LogP contribution is 2.23. The molecule has 0 saturated heterocycles. The molecule has 0 aromatic carbocycles. The SMILES string of the molecule is Cc1ccnn1CCCCC(C)(C)C(N)=NO. The second kappa shape index (κ2) is 5.70. The zero-order chi connectivity index (χ0) is 12.9. The molecule has 17 heavy (non-hydrogen) atoms. The summed E-state index contributed by atoms with van der Waals surface area (Å²) >= 11 is 0. The van der Waals surface area contributed by atoms with Gasteiger partial charge < -0.3 is 10.9 Å². The fourth-order valence-corrected chi connectivity index (χ4v) is 1.72. The van der Waals surface area contributed by atoms with Gasteiger partial charge in [0.1, 0.15) is 5.84 Å². The van der Waals surface area contributed by atoms with E-state index in [2.05, 4.69) is 10.3 Å². The summed E-state index contributed by atoms with van der Waals surface area (Å²) in [5, 5.41) is 16.0. The third-order valence-corrected chi connectivity index (χ3v) is 3.15. The number of nitrogens with zero attached hydrogens (tertiary/aromatic N) is 3. The first-order chi connectivity index (χ1) is 7.97. The molecule has 1 aromatic rings. The average Bonchev–Trinajstić information content (AvgIpc) is 2.69. The van der Waals surface area contributed by atoms with Gasteiger partial charge in [0.2, 0.25) is 0 Å². The zero-order valence-electron chi connectivity index (χ0n) is 10.8. The summed E-state index contributed by atoms with van der Waals surface area (Å²) in [7, 11) is 0. The van der Waals surface area contributed by atoms with E-state index < -0.39 is 0 Å². The van der Waals surface area contributed by atoms with Crippen LogP contribution >= 0.6 is 0 Å². The topological polar surface area (TPSA) is 76.4 Å². The van der Waals surface area contributed by atoms with E-state index in [1.807, 2.05) is 37.7 Å². The lowest BCUT2D eigenvalue weighted by Crippen LogP contribution is -2.31. The molecule has 5 nitrogen and oxygen atoms in total. The Bertz CT molecular complexity index is 382. The molecule has 1 rings (SSSR count). The third kappa shape index (κ3) is 3.76. The van der Waals surface area contributed by atoms with E-state index >= 15 is 0 Å². The minimum atomic E-state index is -0.242. The Kier molecular flexibility index (Phi) is 4.54. The van der Waals surface area contributed by atoms with Gasteiger partial charge in [-0.3, -0.25) is 4.68 Å². The van der Waals surface area contributed by atoms with Crippen LogP contribution < -0.4 is 5.73 Å². The van der Waals surface area contributed by atoms with Crippen LogP contribution in [0.3, 0.4) is 0 Å². The molecule has 0 spiro atoms. The molecule has 1 aromatic heterocycles. The molecule has 0 atom stereocenters. The van der Waals surface area contributed by atoms with Crippen LogP contribution in [0, 0.1) is 12.3 Å². The quantitative estimate of drug-likeness (QED) is 0.262. The maximum atomic E-state index is 8.66. The van der Waals surface area contributed by atoms with Crippen molar-refractivity contribution in [2.24, 2.45) is 16.3 Å². The van der Waals surface area contributed by atoms with E-state index in [-0.39, 0.29) is 5.41 Å². The normalized spacial score (nSPS) is 13.0. The van der Waals surface area contributed by atoms with Crippen molar-refractivity contribution in [1.82, 2.24) is 9.78 Å². The fraction of sp³-hybridized carbons (Fsp3) is 0.667. The summed E-state index contributed by atoms with van der Waals surface area (Å²) in [6.45, 7) is 6.95. The van der Waals surface area contributed by atoms with E-state index in [1.54, 1.807) is 0 Å². The zero-order valence-corrected chi connectivity index (χ0v) is 10.8. The number of hydrogen-bond donors (Lipinski definition) is 2. The minimum absolute atomic E-state index is 0.242. The maximum absolute atomic E-state index is 8.66. The van der Waals surface area contributed by atoms with E-state index in [0.29, 0.717) is 5.84 Å². The molecule has 0 aliphatic heterocycles. The minimum Gasteiger partial charge on any atom is -0.409 e. The van der Waals surface area contributed by atoms with Crippen LogP contribution in [0.2, 0.25) is 0 Å². The lowest BCUT2D eigenvalue weighted by atomic mass is 9.86. The molecule has 0 radical (unpaired) electrons. The van der Waals surface area contributed by atoms with Crippen LogP contribution in [-0.4, -0.2) is 20.8 Å². The standard InChI is InChI=1S/C12H22N4O/c1-10-6-8-14-16(10)9-5-4-7-12(2,3)11(13)15-17/h6,8,17H,4-5,7,9H2,1-3H3,(H2,13,15). The first-order valence-corrected chi connectivity index (χ1v) is 5.94. The Morgan fingerprint density at radius 3 is 2.76 bits per heavy atom. The molecule has 1 heterocycles. The molecular formula is C12H22N4O. The van der Waals surface area contributed by atoms with E-state index in [9.17, 15) is 0 Å². The van der Waals surface area contributed by atoms with Gasteiger partial charge in [-0.2, -0.15) is 5.10 Å². The smallest absolute Gasteiger partial charge is 0.144 e. The van der Waals surface area contributed by atoms with Crippen LogP contribution in [0.4, 0.5) is 0 Å². The Hall–Kier alpha value is -1.52. The maximum Gasteiger partial charge on any atom is 0.144 e. The molecular weight excluding hydrogens is 216 g/mol. The first kappa shape index (κ1) is 13.5. The lowest BCUT2D eigenvalue weighted by molar-refractivity contribution is 0.303. The first-order valence-electron chi connectivity index (χ1n) is 5.94. The van der Waals surface area contributed by atoms with Crippen molar-refractivity contribution in [1.29, 1.82) is 0 Å². The second-order valence-corrected chi connectivity index (χ2v) is 5.02. The number of aromatic nitrogens is 2. The fourth-order valence-electron chi connectivity index (χ4n) is 1.72. The highest BCUT2D eigenvalue weighted by atomic mass is 16.4. The summed E-state index contributed by atoms with van der Waals surface area (Å²) in [5.41, 5.74) is 6.57. The number of rotatable bonds is 6. The second-order valence-electron chi connectivity index (χ2n) is 5.02. The van der Waals surface area contributed by atoms with Gasteiger partial charge in [0.15, 0.2) is 0 Å². The molecule has 5 heteroatoms. The average molecular weight is 238 g/mol. The molecule has 0 aliphatic carbocycles. The summed E-state index contributed by atoms with van der Waals surface area (Å²) in [5.74, 6) is 0.299. The highest BCUT2D eigenvalue weighted by Gasteiger charge is 2.22. The van der Waals surface area contributed by atoms with Gasteiger partial charge in [0.25, 0.3) is 0 Å². The number of amidine groups is 1. The monoisotopic (exact) mass is 238 g/mol. The van der Waals surface area contributed by atoms with Crippen LogP contribution in [0.15, 0.2) is 17.4 Å². The van der Waals surface area contributed by atoms with Crippen molar-refractivity contribution in [2.75, 3.05) is 0 Å². The molecule has 3 N–H and O–H groups in total. The number of unbranched alkanes of at least 4 members (excludes halogenated alkanes) is 1. The van der Waals surface area contributed by atoms with Crippen molar-refractivity contribution in [2.45, 2.75) is 46.6 Å². The Labute approximate surface area is 102 Å². The predicted octanol–water partition coefficient (Wildman–Crippen LogP) is 2.13. The Morgan fingerprint density at radius 1 is 1.53 bits per heavy atom. The van der Waals surface area contributed by atoms with Crippen LogP contribution in [0.1, 0.15) is 38.8 Å². The Morgan fingerprint density at radius 2 is 2.24 bits per heavy atom. The third-order valence-electron chi connectivity index (χ3n) is 3.15. The summed E-state index contributed by atoms with van der Waals surface area (Å²) in [6, 6.07) is 2.00. The van der Waals surface area contributed by atoms with Gasteiger partial charge in [0, 0.05) is 23.9 Å². The predicted molar refractivity (Wildman–Crippen MR) is 68.0 cm³/mol. The number of hydrogen-bond acceptors (Lipinski definition) is 3. The molecule has 0 amide bonds. The molecule has 96 valence electrons. The lowest BCUT2D eigenvalue weighted by Gasteiger charge is -2.22. The van der Waals surface area contributed by atoms with Crippen molar-refractivity contribution >= 4 is 5.84 Å². The van der Waals surface area contributed by atoms with E-state index in [4.69, 9.17) is 10.9 Å². The Balaban J connectivity index is 2.32. The number of aryl methyl sites for hydroxylation is 2. The van der Waals surface area contributed by atoms with Crippen molar-refractivity contribution in [3.05, 3.63) is 18.0 Å². The van der Waals surface area contributed by atoms with E-state index in [0.717, 1.165) is 25.8 Å². The van der Waals surface area contributed by atoms with Gasteiger partial charge in [-0.25, -0.2) is 0 Å². The highest BCUT2D eigenvalue weighted by molar-refractivity contribution is 5.85. The van der Waals surface area contributed by atoms with E-state index in [1.165, 1.54) is 5.69 Å². The van der Waals surface area contributed by atoms with Gasteiger partial charge in [0.05, 0.1) is 0 Å². The molecule has 0 saturated carbocycles. The summed E-state index contributed by atoms with van der Waals surface area (Å²) in [4.78, 5) is 0. The molecule has 0 unspecified atom stereocenters. The van der Waals surface area contributed by atoms with Crippen molar-refractivity contribution in [3.8, 4) is 0 Å². The summed E-state index contributed by atoms with van der Waals surface area (Å²) in [6.07, 6.45) is 4.80. The largest absolute Gasteiger partial charge is 0.409 e. The van der Waals surface area contributed by atoms with Gasteiger partial charge in [-0.05, 0) is 25.8 Å². The van der Waals surface area contributed by atoms with Crippen molar-refractivity contribution < 1.29 is 5.21 Å². The molecule has 0 fully saturated rings. The van der Waals surface area contributed by atoms with Gasteiger partial charge in [-0.15, -0.1) is 0 Å². The van der Waals surface area contributed by atoms with Crippen LogP contribution in [0.25, 0.3) is 0 Å².